The maximum Gasteiger partial charge on any atom is 0.415 e. The minimum Gasteiger partial charge on any atom is -0.410 e. The highest BCUT2D eigenvalue weighted by molar-refractivity contribution is 6.04. The Hall–Kier alpha value is -3.73. The maximum absolute atomic E-state index is 12.7. The molecule has 10 nitrogen and oxygen atoms in total. The van der Waals surface area contributed by atoms with E-state index < -0.39 is 0 Å². The summed E-state index contributed by atoms with van der Waals surface area (Å²) in [5, 5.41) is 2.90. The number of carbonyl (C=O) groups excluding carboxylic acids is 2. The van der Waals surface area contributed by atoms with Gasteiger partial charge in [-0.15, -0.1) is 0 Å². The Labute approximate surface area is 222 Å². The van der Waals surface area contributed by atoms with Crippen molar-refractivity contribution in [1.82, 2.24) is 24.7 Å². The minimum absolute atomic E-state index is 0.183. The molecule has 10 heteroatoms. The molecule has 0 atom stereocenters. The van der Waals surface area contributed by atoms with E-state index in [1.807, 2.05) is 30.5 Å². The van der Waals surface area contributed by atoms with Gasteiger partial charge in [0.05, 0.1) is 25.2 Å². The Morgan fingerprint density at radius 2 is 1.66 bits per heavy atom. The summed E-state index contributed by atoms with van der Waals surface area (Å²) in [6.45, 7) is 8.02. The fraction of sp³-hybridized carbons (Fsp3) is 0.393. The Morgan fingerprint density at radius 3 is 2.34 bits per heavy atom. The minimum atomic E-state index is -0.356. The highest BCUT2D eigenvalue weighted by atomic mass is 16.6. The average Bonchev–Trinajstić information content (AvgIpc) is 3.48. The van der Waals surface area contributed by atoms with Gasteiger partial charge in [-0.25, -0.2) is 9.78 Å². The van der Waals surface area contributed by atoms with Crippen LogP contribution in [0.1, 0.15) is 21.6 Å². The smallest absolute Gasteiger partial charge is 0.410 e. The molecule has 2 N–H and O–H groups in total. The third-order valence-electron chi connectivity index (χ3n) is 6.91. The van der Waals surface area contributed by atoms with Crippen LogP contribution in [0.2, 0.25) is 0 Å². The number of morpholine rings is 1. The van der Waals surface area contributed by atoms with Crippen LogP contribution >= 0.6 is 0 Å². The van der Waals surface area contributed by atoms with Crippen LogP contribution in [0.25, 0.3) is 0 Å². The van der Waals surface area contributed by atoms with Crippen LogP contribution in [0.4, 0.5) is 10.5 Å². The zero-order chi connectivity index (χ0) is 26.2. The van der Waals surface area contributed by atoms with Gasteiger partial charge in [0.25, 0.3) is 5.91 Å². The van der Waals surface area contributed by atoms with Crippen molar-refractivity contribution in [2.45, 2.75) is 13.0 Å². The quantitative estimate of drug-likeness (QED) is 0.473. The van der Waals surface area contributed by atoms with E-state index in [9.17, 15) is 9.59 Å². The van der Waals surface area contributed by atoms with Crippen molar-refractivity contribution in [2.75, 3.05) is 64.3 Å². The van der Waals surface area contributed by atoms with Gasteiger partial charge in [-0.1, -0.05) is 12.1 Å². The summed E-state index contributed by atoms with van der Waals surface area (Å²) < 4.78 is 11.0. The van der Waals surface area contributed by atoms with Crippen molar-refractivity contribution < 1.29 is 19.1 Å². The van der Waals surface area contributed by atoms with Crippen LogP contribution in [0.15, 0.2) is 61.1 Å². The molecular formula is C28H34N6O4. The number of aromatic amines is 1. The van der Waals surface area contributed by atoms with Gasteiger partial charge in [0, 0.05) is 76.2 Å². The molecule has 0 radical (unpaired) electrons. The largest absolute Gasteiger partial charge is 0.415 e. The normalized spacial score (nSPS) is 16.8. The molecule has 2 saturated heterocycles. The van der Waals surface area contributed by atoms with E-state index in [1.165, 1.54) is 5.56 Å². The summed E-state index contributed by atoms with van der Waals surface area (Å²) in [5.41, 5.74) is 3.45. The van der Waals surface area contributed by atoms with E-state index in [2.05, 4.69) is 25.1 Å². The lowest BCUT2D eigenvalue weighted by Crippen LogP contribution is -2.49. The van der Waals surface area contributed by atoms with Crippen LogP contribution < -0.4 is 10.1 Å². The fourth-order valence-electron chi connectivity index (χ4n) is 4.61. The second-order valence-corrected chi connectivity index (χ2v) is 9.57. The Kier molecular flexibility index (Phi) is 8.64. The van der Waals surface area contributed by atoms with Crippen molar-refractivity contribution in [2.24, 2.45) is 0 Å². The third-order valence-corrected chi connectivity index (χ3v) is 6.91. The first-order valence-corrected chi connectivity index (χ1v) is 13.1. The number of aromatic nitrogens is 2. The number of H-pyrrole nitrogens is 1. The van der Waals surface area contributed by atoms with Crippen molar-refractivity contribution in [3.05, 3.63) is 77.9 Å². The molecule has 2 aliphatic rings. The molecule has 1 aromatic heterocycles. The van der Waals surface area contributed by atoms with Crippen LogP contribution in [0.3, 0.4) is 0 Å². The Morgan fingerprint density at radius 1 is 0.921 bits per heavy atom. The van der Waals surface area contributed by atoms with Crippen molar-refractivity contribution in [1.29, 1.82) is 0 Å². The molecule has 2 fully saturated rings. The van der Waals surface area contributed by atoms with Gasteiger partial charge in [-0.3, -0.25) is 14.6 Å². The molecule has 3 aromatic rings. The second-order valence-electron chi connectivity index (χ2n) is 9.57. The molecule has 3 heterocycles. The van der Waals surface area contributed by atoms with Crippen LogP contribution in [-0.4, -0.2) is 95.7 Å². The van der Waals surface area contributed by atoms with Crippen molar-refractivity contribution >= 4 is 17.7 Å². The first kappa shape index (κ1) is 25.9. The predicted molar refractivity (Wildman–Crippen MR) is 143 cm³/mol. The van der Waals surface area contributed by atoms with Gasteiger partial charge in [-0.05, 0) is 42.0 Å². The molecule has 200 valence electrons. The summed E-state index contributed by atoms with van der Waals surface area (Å²) in [4.78, 5) is 38.9. The van der Waals surface area contributed by atoms with Crippen molar-refractivity contribution in [3.8, 4) is 5.75 Å². The second kappa shape index (κ2) is 12.7. The zero-order valence-corrected chi connectivity index (χ0v) is 21.5. The number of carbonyl (C=O) groups is 2. The molecule has 0 aliphatic carbocycles. The van der Waals surface area contributed by atoms with Gasteiger partial charge in [0.15, 0.2) is 0 Å². The summed E-state index contributed by atoms with van der Waals surface area (Å²) in [7, 11) is 0. The number of rotatable bonds is 8. The monoisotopic (exact) mass is 518 g/mol. The Bertz CT molecular complexity index is 1170. The summed E-state index contributed by atoms with van der Waals surface area (Å²) in [5.74, 6) is 0.263. The lowest BCUT2D eigenvalue weighted by atomic mass is 10.1. The summed E-state index contributed by atoms with van der Waals surface area (Å²) in [6.07, 6.45) is 4.13. The number of imidazole rings is 1. The number of amides is 2. The number of anilines is 1. The van der Waals surface area contributed by atoms with E-state index in [-0.39, 0.29) is 12.0 Å². The van der Waals surface area contributed by atoms with Gasteiger partial charge in [0.1, 0.15) is 5.75 Å². The molecule has 0 bridgehead atoms. The molecule has 0 unspecified atom stereocenters. The molecule has 0 saturated carbocycles. The first-order chi connectivity index (χ1) is 18.6. The van der Waals surface area contributed by atoms with E-state index >= 15 is 0 Å². The standard InChI is InChI=1S/C28H34N6O4/c35-27(23-3-1-22(2-4-23)20-33-15-17-37-18-16-33)31-24-5-7-26(8-6-24)38-28(36)34-13-11-32(12-14-34)10-9-25-19-29-21-30-25/h1-8,19,21H,9-18,20H2,(H,29,30)(H,31,35). The topological polar surface area (TPSA) is 103 Å². The SMILES string of the molecule is O=C(Nc1ccc(OC(=O)N2CCN(CCc3c[nH]cn3)CC2)cc1)c1ccc(CN2CCOCC2)cc1. The zero-order valence-electron chi connectivity index (χ0n) is 21.5. The van der Waals surface area contributed by atoms with Gasteiger partial charge < -0.3 is 24.7 Å². The number of benzene rings is 2. The number of nitrogens with one attached hydrogen (secondary N) is 2. The third kappa shape index (κ3) is 7.18. The summed E-state index contributed by atoms with van der Waals surface area (Å²) in [6, 6.07) is 14.5. The molecule has 38 heavy (non-hydrogen) atoms. The highest BCUT2D eigenvalue weighted by Gasteiger charge is 2.22. The molecular weight excluding hydrogens is 484 g/mol. The molecule has 0 spiro atoms. The van der Waals surface area contributed by atoms with E-state index in [0.717, 1.165) is 64.6 Å². The van der Waals surface area contributed by atoms with E-state index in [4.69, 9.17) is 9.47 Å². The molecule has 5 rings (SSSR count). The number of ether oxygens (including phenoxy) is 2. The lowest BCUT2D eigenvalue weighted by Gasteiger charge is -2.33. The van der Waals surface area contributed by atoms with E-state index in [1.54, 1.807) is 35.5 Å². The molecule has 2 amide bonds. The first-order valence-electron chi connectivity index (χ1n) is 13.1. The lowest BCUT2D eigenvalue weighted by molar-refractivity contribution is 0.0342. The maximum atomic E-state index is 12.7. The number of piperazine rings is 1. The number of hydrogen-bond donors (Lipinski definition) is 2. The highest BCUT2D eigenvalue weighted by Crippen LogP contribution is 2.18. The Balaban J connectivity index is 1.05. The van der Waals surface area contributed by atoms with E-state index in [0.29, 0.717) is 30.1 Å². The van der Waals surface area contributed by atoms with Crippen LogP contribution in [0.5, 0.6) is 5.75 Å². The summed E-state index contributed by atoms with van der Waals surface area (Å²) >= 11 is 0. The number of nitrogens with zero attached hydrogens (tertiary/aromatic N) is 4. The van der Waals surface area contributed by atoms with Crippen LogP contribution in [-0.2, 0) is 17.7 Å². The van der Waals surface area contributed by atoms with Gasteiger partial charge >= 0.3 is 6.09 Å². The van der Waals surface area contributed by atoms with Gasteiger partial charge in [0.2, 0.25) is 0 Å². The van der Waals surface area contributed by atoms with Crippen LogP contribution in [0, 0.1) is 0 Å². The fourth-order valence-corrected chi connectivity index (χ4v) is 4.61. The average molecular weight is 519 g/mol. The van der Waals surface area contributed by atoms with Gasteiger partial charge in [-0.2, -0.15) is 0 Å². The predicted octanol–water partition coefficient (Wildman–Crippen LogP) is 2.85. The number of hydrogen-bond acceptors (Lipinski definition) is 7. The molecule has 2 aromatic carbocycles. The van der Waals surface area contributed by atoms with Crippen molar-refractivity contribution in [3.63, 3.8) is 0 Å². The molecule has 2 aliphatic heterocycles.